The molecule has 1 fully saturated rings. The van der Waals surface area contributed by atoms with Crippen LogP contribution in [0.25, 0.3) is 6.08 Å². The molecule has 0 saturated carbocycles. The minimum atomic E-state index is -0.507. The van der Waals surface area contributed by atoms with E-state index in [0.717, 1.165) is 5.56 Å². The van der Waals surface area contributed by atoms with Crippen molar-refractivity contribution < 1.29 is 14.4 Å². The Hall–Kier alpha value is -1.56. The Morgan fingerprint density at radius 2 is 2.18 bits per heavy atom. The molecule has 118 valence electrons. The van der Waals surface area contributed by atoms with Gasteiger partial charge < -0.3 is 10.2 Å². The van der Waals surface area contributed by atoms with Crippen LogP contribution in [-0.4, -0.2) is 36.1 Å². The van der Waals surface area contributed by atoms with Crippen molar-refractivity contribution in [3.8, 4) is 0 Å². The molecular weight excluding hydrogens is 327 g/mol. The van der Waals surface area contributed by atoms with E-state index in [1.807, 2.05) is 6.92 Å². The van der Waals surface area contributed by atoms with E-state index in [-0.39, 0.29) is 11.9 Å². The fourth-order valence-electron chi connectivity index (χ4n) is 1.95. The summed E-state index contributed by atoms with van der Waals surface area (Å²) in [5, 5.41) is 5.14. The van der Waals surface area contributed by atoms with Gasteiger partial charge in [0.1, 0.15) is 0 Å². The summed E-state index contributed by atoms with van der Waals surface area (Å²) in [4.78, 5) is 28.4. The van der Waals surface area contributed by atoms with Crippen molar-refractivity contribution in [1.29, 1.82) is 0 Å². The molecule has 5 nitrogen and oxygen atoms in total. The van der Waals surface area contributed by atoms with Crippen LogP contribution >= 0.6 is 23.2 Å². The van der Waals surface area contributed by atoms with Crippen LogP contribution < -0.4 is 5.32 Å². The molecule has 1 N–H and O–H groups in total. The second kappa shape index (κ2) is 7.63. The molecule has 1 amide bonds. The van der Waals surface area contributed by atoms with E-state index in [9.17, 15) is 9.59 Å². The number of hydrogen-bond donors (Lipinski definition) is 1. The van der Waals surface area contributed by atoms with Gasteiger partial charge in [-0.1, -0.05) is 29.3 Å². The predicted molar refractivity (Wildman–Crippen MR) is 85.4 cm³/mol. The number of carbonyl (C=O) groups is 2. The molecule has 2 rings (SSSR count). The number of hydroxylamine groups is 2. The maximum absolute atomic E-state index is 11.9. The fourth-order valence-corrected chi connectivity index (χ4v) is 2.25. The second-order valence-corrected chi connectivity index (χ2v) is 5.78. The number of halogens is 2. The van der Waals surface area contributed by atoms with Gasteiger partial charge in [0, 0.05) is 25.6 Å². The summed E-state index contributed by atoms with van der Waals surface area (Å²) in [6.45, 7) is 2.70. The Labute approximate surface area is 138 Å². The van der Waals surface area contributed by atoms with Gasteiger partial charge in [-0.2, -0.15) is 0 Å². The standard InChI is InChI=1S/C15H16Cl2N2O3/c1-10-9-18-14(20)6-7-19(10)22-15(21)5-3-11-2-4-12(16)13(17)8-11/h2-5,8,10H,6-7,9H2,1H3,(H,18,20)/t10-/m1/s1. The van der Waals surface area contributed by atoms with Crippen molar-refractivity contribution in [3.05, 3.63) is 39.9 Å². The van der Waals surface area contributed by atoms with Crippen molar-refractivity contribution in [3.63, 3.8) is 0 Å². The van der Waals surface area contributed by atoms with Crippen molar-refractivity contribution in [2.24, 2.45) is 0 Å². The minimum absolute atomic E-state index is 0.0447. The van der Waals surface area contributed by atoms with Crippen LogP contribution in [0, 0.1) is 0 Å². The summed E-state index contributed by atoms with van der Waals surface area (Å²) in [6.07, 6.45) is 3.21. The largest absolute Gasteiger partial charge is 0.364 e. The highest BCUT2D eigenvalue weighted by Crippen LogP contribution is 2.23. The quantitative estimate of drug-likeness (QED) is 0.858. The van der Waals surface area contributed by atoms with E-state index in [1.54, 1.807) is 24.3 Å². The number of nitrogens with zero attached hydrogens (tertiary/aromatic N) is 1. The highest BCUT2D eigenvalue weighted by Gasteiger charge is 2.22. The van der Waals surface area contributed by atoms with Crippen LogP contribution in [-0.2, 0) is 14.4 Å². The molecule has 22 heavy (non-hydrogen) atoms. The summed E-state index contributed by atoms with van der Waals surface area (Å²) in [7, 11) is 0. The SMILES string of the molecule is C[C@@H]1CNC(=O)CCN1OC(=O)C=Cc1ccc(Cl)c(Cl)c1. The predicted octanol–water partition coefficient (Wildman–Crippen LogP) is 2.68. The molecule has 0 aromatic heterocycles. The van der Waals surface area contributed by atoms with E-state index in [1.165, 1.54) is 11.1 Å². The lowest BCUT2D eigenvalue weighted by molar-refractivity contribution is -0.192. The normalized spacial score (nSPS) is 19.8. The Morgan fingerprint density at radius 3 is 2.91 bits per heavy atom. The van der Waals surface area contributed by atoms with Crippen molar-refractivity contribution in [2.45, 2.75) is 19.4 Å². The fraction of sp³-hybridized carbons (Fsp3) is 0.333. The smallest absolute Gasteiger partial charge is 0.349 e. The maximum Gasteiger partial charge on any atom is 0.349 e. The molecule has 0 aliphatic carbocycles. The molecular formula is C15H16Cl2N2O3. The van der Waals surface area contributed by atoms with E-state index in [0.29, 0.717) is 29.6 Å². The third-order valence-electron chi connectivity index (χ3n) is 3.21. The van der Waals surface area contributed by atoms with Gasteiger partial charge in [0.05, 0.1) is 16.1 Å². The van der Waals surface area contributed by atoms with Gasteiger partial charge >= 0.3 is 5.97 Å². The zero-order valence-electron chi connectivity index (χ0n) is 12.0. The number of hydrogen-bond acceptors (Lipinski definition) is 4. The van der Waals surface area contributed by atoms with Crippen LogP contribution in [0.4, 0.5) is 0 Å². The molecule has 0 bridgehead atoms. The van der Waals surface area contributed by atoms with Gasteiger partial charge in [-0.3, -0.25) is 4.79 Å². The Balaban J connectivity index is 1.95. The number of benzene rings is 1. The van der Waals surface area contributed by atoms with Crippen LogP contribution in [0.2, 0.25) is 10.0 Å². The third-order valence-corrected chi connectivity index (χ3v) is 3.95. The first kappa shape index (κ1) is 16.8. The Bertz CT molecular complexity index is 604. The molecule has 1 atom stereocenters. The Morgan fingerprint density at radius 1 is 1.41 bits per heavy atom. The van der Waals surface area contributed by atoms with Gasteiger partial charge in [0.25, 0.3) is 0 Å². The van der Waals surface area contributed by atoms with Gasteiger partial charge in [0.2, 0.25) is 5.91 Å². The van der Waals surface area contributed by atoms with Crippen LogP contribution in [0.15, 0.2) is 24.3 Å². The average molecular weight is 343 g/mol. The minimum Gasteiger partial charge on any atom is -0.364 e. The molecule has 7 heteroatoms. The second-order valence-electron chi connectivity index (χ2n) is 4.96. The number of nitrogens with one attached hydrogen (secondary N) is 1. The summed E-state index contributed by atoms with van der Waals surface area (Å²) >= 11 is 11.7. The number of amides is 1. The molecule has 0 radical (unpaired) electrons. The van der Waals surface area contributed by atoms with Crippen molar-refractivity contribution in [1.82, 2.24) is 10.4 Å². The molecule has 1 aromatic rings. The number of rotatable bonds is 3. The topological polar surface area (TPSA) is 58.6 Å². The van der Waals surface area contributed by atoms with Gasteiger partial charge in [0.15, 0.2) is 0 Å². The molecule has 0 unspecified atom stereocenters. The highest BCUT2D eigenvalue weighted by atomic mass is 35.5. The number of carbonyl (C=O) groups excluding carboxylic acids is 2. The summed E-state index contributed by atoms with van der Waals surface area (Å²) in [5.74, 6) is -0.552. The molecule has 1 saturated heterocycles. The summed E-state index contributed by atoms with van der Waals surface area (Å²) in [5.41, 5.74) is 0.743. The first-order valence-corrected chi connectivity index (χ1v) is 7.59. The van der Waals surface area contributed by atoms with E-state index in [2.05, 4.69) is 5.32 Å². The van der Waals surface area contributed by atoms with E-state index >= 15 is 0 Å². The van der Waals surface area contributed by atoms with Gasteiger partial charge in [-0.15, -0.1) is 5.06 Å². The van der Waals surface area contributed by atoms with E-state index in [4.69, 9.17) is 28.0 Å². The van der Waals surface area contributed by atoms with Crippen LogP contribution in [0.5, 0.6) is 0 Å². The van der Waals surface area contributed by atoms with E-state index < -0.39 is 5.97 Å². The van der Waals surface area contributed by atoms with Gasteiger partial charge in [-0.05, 0) is 30.7 Å². The average Bonchev–Trinajstić information content (AvgIpc) is 2.64. The molecule has 1 heterocycles. The molecule has 1 aromatic carbocycles. The van der Waals surface area contributed by atoms with Gasteiger partial charge in [-0.25, -0.2) is 4.79 Å². The zero-order chi connectivity index (χ0) is 16.1. The first-order valence-electron chi connectivity index (χ1n) is 6.84. The Kier molecular flexibility index (Phi) is 5.83. The summed E-state index contributed by atoms with van der Waals surface area (Å²) in [6, 6.07) is 4.98. The zero-order valence-corrected chi connectivity index (χ0v) is 13.5. The molecule has 1 aliphatic rings. The highest BCUT2D eigenvalue weighted by molar-refractivity contribution is 6.42. The lowest BCUT2D eigenvalue weighted by atomic mass is 10.2. The van der Waals surface area contributed by atoms with Crippen LogP contribution in [0.3, 0.4) is 0 Å². The third kappa shape index (κ3) is 4.73. The first-order chi connectivity index (χ1) is 10.5. The molecule has 0 spiro atoms. The van der Waals surface area contributed by atoms with Crippen molar-refractivity contribution in [2.75, 3.05) is 13.1 Å². The van der Waals surface area contributed by atoms with Crippen molar-refractivity contribution >= 4 is 41.2 Å². The lowest BCUT2D eigenvalue weighted by Crippen LogP contribution is -2.38. The molecule has 1 aliphatic heterocycles. The summed E-state index contributed by atoms with van der Waals surface area (Å²) < 4.78 is 0. The maximum atomic E-state index is 11.9. The van der Waals surface area contributed by atoms with Crippen LogP contribution in [0.1, 0.15) is 18.9 Å². The lowest BCUT2D eigenvalue weighted by Gasteiger charge is -2.23. The monoisotopic (exact) mass is 342 g/mol.